The Labute approximate surface area is 359 Å². The Morgan fingerprint density at radius 3 is 1.56 bits per heavy atom. The van der Waals surface area contributed by atoms with E-state index in [1.807, 2.05) is 18.2 Å². The minimum atomic E-state index is -1.63. The molecule has 0 unspecified atom stereocenters. The average molecular weight is 857 g/mol. The second-order valence-corrected chi connectivity index (χ2v) is 16.2. The summed E-state index contributed by atoms with van der Waals surface area (Å²) in [5.41, 5.74) is 12.4. The van der Waals surface area contributed by atoms with Crippen LogP contribution in [0.15, 0.2) is 65.7 Å². The molecule has 4 saturated heterocycles. The fraction of sp³-hybridized carbons (Fsp3) is 0.512. The van der Waals surface area contributed by atoms with Gasteiger partial charge in [0.1, 0.15) is 42.3 Å². The molecule has 9 N–H and O–H groups in total. The molecule has 19 heteroatoms. The molecule has 0 saturated carbocycles. The molecule has 19 nitrogen and oxygen atoms in total. The Hall–Kier alpha value is -6.53. The lowest BCUT2D eigenvalue weighted by Crippen LogP contribution is -2.59. The maximum atomic E-state index is 14.6. The summed E-state index contributed by atoms with van der Waals surface area (Å²) in [4.78, 5) is 120. The Morgan fingerprint density at radius 2 is 1.02 bits per heavy atom. The van der Waals surface area contributed by atoms with Crippen LogP contribution < -0.4 is 32.7 Å². The number of rotatable bonds is 10. The monoisotopic (exact) mass is 856 g/mol. The van der Waals surface area contributed by atoms with Crippen molar-refractivity contribution in [3.8, 4) is 0 Å². The predicted molar refractivity (Wildman–Crippen MR) is 224 cm³/mol. The molecule has 62 heavy (non-hydrogen) atoms. The second kappa shape index (κ2) is 20.8. The standard InChI is InChI=1S/C43H56N10O9/c44-43(45)46-19-7-15-28-36(56)49-30(24-27-13-5-2-6-14-27)40(60)53-22-10-18-34(53)42(62)52-21-9-17-33(52)39(59)48-29(23-26-11-3-1-4-12-26)37(57)50-31(25-35(54)55)41(61)51-20-8-16-32(51)38(58)47-28/h1-6,11-14,28-34H,7-10,15-25H2,(H,47,58)(H,48,59)(H,49,56)(H,50,57)(H,54,55)(H4,44,45,46)/t28-,29-,30-,31-,32-,33-,34-/m0/s1. The summed E-state index contributed by atoms with van der Waals surface area (Å²) in [6.45, 7) is 0.631. The van der Waals surface area contributed by atoms with Crippen LogP contribution in [-0.4, -0.2) is 142 Å². The summed E-state index contributed by atoms with van der Waals surface area (Å²) in [7, 11) is 0. The van der Waals surface area contributed by atoms with Gasteiger partial charge in [-0.1, -0.05) is 60.7 Å². The first kappa shape index (κ1) is 45.0. The largest absolute Gasteiger partial charge is 0.481 e. The van der Waals surface area contributed by atoms with Gasteiger partial charge in [-0.2, -0.15) is 0 Å². The molecule has 0 spiro atoms. The molecular formula is C43H56N10O9. The third kappa shape index (κ3) is 11.2. The van der Waals surface area contributed by atoms with E-state index in [9.17, 15) is 43.5 Å². The SMILES string of the molecule is NC(N)=NCCC[C@@H]1NC(=O)[C@@H]2CCCN2C(=O)[C@H](CC(=O)O)NC(=O)[C@H](Cc2ccccc2)NC(=O)[C@@H]2CCCN2C(=O)[C@@H]2CCCN2C(=O)[C@H](Cc2ccccc2)NC1=O. The van der Waals surface area contributed by atoms with E-state index in [1.54, 1.807) is 42.5 Å². The molecule has 2 aromatic rings. The van der Waals surface area contributed by atoms with Crippen molar-refractivity contribution in [3.63, 3.8) is 0 Å². The predicted octanol–water partition coefficient (Wildman–Crippen LogP) is -1.07. The third-order valence-corrected chi connectivity index (χ3v) is 11.9. The average Bonchev–Trinajstić information content (AvgIpc) is 4.06. The molecule has 332 valence electrons. The van der Waals surface area contributed by atoms with Crippen molar-refractivity contribution in [1.29, 1.82) is 0 Å². The number of hydrogen-bond donors (Lipinski definition) is 7. The molecule has 4 heterocycles. The molecule has 4 aliphatic heterocycles. The lowest BCUT2D eigenvalue weighted by molar-refractivity contribution is -0.148. The second-order valence-electron chi connectivity index (χ2n) is 16.2. The number of carbonyl (C=O) groups excluding carboxylic acids is 7. The molecule has 7 amide bonds. The Kier molecular flexibility index (Phi) is 15.1. The Balaban J connectivity index is 1.39. The quantitative estimate of drug-likeness (QED) is 0.0858. The minimum Gasteiger partial charge on any atom is -0.481 e. The van der Waals surface area contributed by atoms with Crippen molar-refractivity contribution in [1.82, 2.24) is 36.0 Å². The first-order chi connectivity index (χ1) is 29.8. The summed E-state index contributed by atoms with van der Waals surface area (Å²) < 4.78 is 0. The molecule has 0 bridgehead atoms. The van der Waals surface area contributed by atoms with E-state index in [-0.39, 0.29) is 70.7 Å². The number of amides is 7. The van der Waals surface area contributed by atoms with Crippen LogP contribution in [0.25, 0.3) is 0 Å². The number of guanidine groups is 1. The zero-order chi connectivity index (χ0) is 44.3. The number of hydrogen-bond acceptors (Lipinski definition) is 9. The van der Waals surface area contributed by atoms with Gasteiger partial charge in [0.15, 0.2) is 5.96 Å². The topological polar surface area (TPSA) is 279 Å². The van der Waals surface area contributed by atoms with Crippen LogP contribution >= 0.6 is 0 Å². The molecule has 0 aliphatic carbocycles. The molecule has 6 rings (SSSR count). The van der Waals surface area contributed by atoms with Gasteiger partial charge < -0.3 is 52.5 Å². The number of carboxylic acid groups (broad SMARTS) is 1. The normalized spacial score (nSPS) is 26.6. The van der Waals surface area contributed by atoms with Gasteiger partial charge in [0, 0.05) is 39.0 Å². The zero-order valence-corrected chi connectivity index (χ0v) is 34.6. The maximum absolute atomic E-state index is 14.6. The van der Waals surface area contributed by atoms with Crippen molar-refractivity contribution in [2.24, 2.45) is 16.5 Å². The van der Waals surface area contributed by atoms with Crippen LogP contribution in [0.5, 0.6) is 0 Å². The fourth-order valence-corrected chi connectivity index (χ4v) is 8.82. The van der Waals surface area contributed by atoms with Crippen LogP contribution in [0.4, 0.5) is 0 Å². The van der Waals surface area contributed by atoms with Gasteiger partial charge in [-0.15, -0.1) is 0 Å². The van der Waals surface area contributed by atoms with Gasteiger partial charge in [-0.05, 0) is 62.5 Å². The smallest absolute Gasteiger partial charge is 0.305 e. The molecule has 4 aliphatic rings. The van der Waals surface area contributed by atoms with E-state index < -0.39 is 96.0 Å². The van der Waals surface area contributed by atoms with E-state index in [4.69, 9.17) is 11.5 Å². The highest BCUT2D eigenvalue weighted by atomic mass is 16.4. The van der Waals surface area contributed by atoms with E-state index in [0.29, 0.717) is 31.2 Å². The Bertz CT molecular complexity index is 2010. The molecule has 0 radical (unpaired) electrons. The summed E-state index contributed by atoms with van der Waals surface area (Å²) in [6, 6.07) is 9.45. The number of nitrogens with one attached hydrogen (secondary N) is 4. The van der Waals surface area contributed by atoms with E-state index in [0.717, 1.165) is 5.56 Å². The summed E-state index contributed by atoms with van der Waals surface area (Å²) >= 11 is 0. The number of aliphatic imine (C=N–C) groups is 1. The van der Waals surface area contributed by atoms with Gasteiger partial charge >= 0.3 is 5.97 Å². The van der Waals surface area contributed by atoms with Crippen LogP contribution in [0.3, 0.4) is 0 Å². The van der Waals surface area contributed by atoms with Gasteiger partial charge in [-0.3, -0.25) is 43.3 Å². The summed E-state index contributed by atoms with van der Waals surface area (Å²) in [6.07, 6.45) is 1.61. The van der Waals surface area contributed by atoms with Crippen molar-refractivity contribution in [3.05, 3.63) is 71.8 Å². The third-order valence-electron chi connectivity index (χ3n) is 11.9. The first-order valence-electron chi connectivity index (χ1n) is 21.3. The lowest BCUT2D eigenvalue weighted by Gasteiger charge is -2.33. The van der Waals surface area contributed by atoms with Gasteiger partial charge in [0.05, 0.1) is 6.42 Å². The first-order valence-corrected chi connectivity index (χ1v) is 21.3. The van der Waals surface area contributed by atoms with E-state index in [2.05, 4.69) is 26.3 Å². The maximum Gasteiger partial charge on any atom is 0.305 e. The minimum absolute atomic E-state index is 0.0267. The van der Waals surface area contributed by atoms with Crippen LogP contribution in [-0.2, 0) is 51.2 Å². The van der Waals surface area contributed by atoms with Crippen molar-refractivity contribution in [2.45, 2.75) is 113 Å². The number of carboxylic acids is 1. The Morgan fingerprint density at radius 1 is 0.581 bits per heavy atom. The molecular weight excluding hydrogens is 801 g/mol. The number of benzene rings is 2. The number of nitrogens with two attached hydrogens (primary N) is 2. The molecule has 0 aromatic heterocycles. The van der Waals surface area contributed by atoms with E-state index >= 15 is 0 Å². The zero-order valence-electron chi connectivity index (χ0n) is 34.6. The highest BCUT2D eigenvalue weighted by Crippen LogP contribution is 2.27. The van der Waals surface area contributed by atoms with Gasteiger partial charge in [0.25, 0.3) is 0 Å². The van der Waals surface area contributed by atoms with E-state index in [1.165, 1.54) is 14.7 Å². The van der Waals surface area contributed by atoms with Crippen LogP contribution in [0.1, 0.15) is 68.9 Å². The number of nitrogens with zero attached hydrogens (tertiary/aromatic N) is 4. The van der Waals surface area contributed by atoms with Crippen molar-refractivity contribution < 1.29 is 43.5 Å². The summed E-state index contributed by atoms with van der Waals surface area (Å²) in [5.74, 6) is -6.18. The summed E-state index contributed by atoms with van der Waals surface area (Å²) in [5, 5.41) is 20.9. The van der Waals surface area contributed by atoms with Crippen molar-refractivity contribution in [2.75, 3.05) is 26.2 Å². The molecule has 7 atom stereocenters. The highest BCUT2D eigenvalue weighted by molar-refractivity contribution is 5.99. The van der Waals surface area contributed by atoms with Crippen LogP contribution in [0.2, 0.25) is 0 Å². The lowest BCUT2D eigenvalue weighted by atomic mass is 10.0. The number of carbonyl (C=O) groups is 8. The molecule has 2 aromatic carbocycles. The van der Waals surface area contributed by atoms with Gasteiger partial charge in [0.2, 0.25) is 41.4 Å². The van der Waals surface area contributed by atoms with Crippen molar-refractivity contribution >= 4 is 53.3 Å². The number of aliphatic carboxylic acids is 1. The van der Waals surface area contributed by atoms with Crippen LogP contribution in [0, 0.1) is 0 Å². The highest BCUT2D eigenvalue weighted by Gasteiger charge is 2.45. The fourth-order valence-electron chi connectivity index (χ4n) is 8.82. The molecule has 4 fully saturated rings. The number of fused-ring (bicyclic) bond motifs is 3. The van der Waals surface area contributed by atoms with Gasteiger partial charge in [-0.25, -0.2) is 0 Å².